The third-order valence-electron chi connectivity index (χ3n) is 4.57. The van der Waals surface area contributed by atoms with Gasteiger partial charge in [0, 0.05) is 34.6 Å². The number of halogens is 4. The summed E-state index contributed by atoms with van der Waals surface area (Å²) in [6, 6.07) is 15.3. The van der Waals surface area contributed by atoms with Crippen molar-refractivity contribution in [3.8, 4) is 11.3 Å². The third kappa shape index (κ3) is 5.59. The van der Waals surface area contributed by atoms with Gasteiger partial charge in [0.2, 0.25) is 10.7 Å². The van der Waals surface area contributed by atoms with Gasteiger partial charge in [-0.1, -0.05) is 35.3 Å². The molecule has 34 heavy (non-hydrogen) atoms. The minimum atomic E-state index is -0.788. The van der Waals surface area contributed by atoms with Crippen molar-refractivity contribution < 1.29 is 13.6 Å². The van der Waals surface area contributed by atoms with E-state index in [4.69, 9.17) is 23.2 Å². The van der Waals surface area contributed by atoms with Gasteiger partial charge in [-0.25, -0.2) is 18.4 Å². The second kappa shape index (κ2) is 10.3. The number of thiazole rings is 1. The number of carbonyl (C=O) groups excluding carboxylic acids is 1. The van der Waals surface area contributed by atoms with Crippen molar-refractivity contribution in [3.63, 3.8) is 0 Å². The summed E-state index contributed by atoms with van der Waals surface area (Å²) in [6.45, 7) is 1.43. The molecule has 0 atom stereocenters. The lowest BCUT2D eigenvalue weighted by Gasteiger charge is -2.07. The monoisotopic (exact) mass is 516 g/mol. The molecule has 0 spiro atoms. The number of hydrogen-bond acceptors (Lipinski definition) is 4. The quantitative estimate of drug-likeness (QED) is 0.289. The molecule has 4 rings (SSSR count). The van der Waals surface area contributed by atoms with Crippen LogP contribution in [0.1, 0.15) is 12.5 Å². The van der Waals surface area contributed by atoms with Crippen molar-refractivity contribution in [2.24, 2.45) is 10.1 Å². The number of nitrogens with one attached hydrogen (secondary N) is 1. The van der Waals surface area contributed by atoms with E-state index in [2.05, 4.69) is 15.4 Å². The highest BCUT2D eigenvalue weighted by molar-refractivity contribution is 7.07. The molecule has 4 aromatic rings. The molecule has 1 N–H and O–H groups in total. The molecule has 1 aromatic heterocycles. The van der Waals surface area contributed by atoms with Crippen LogP contribution >= 0.6 is 34.5 Å². The van der Waals surface area contributed by atoms with E-state index in [-0.39, 0.29) is 11.6 Å². The molecule has 1 amide bonds. The average molecular weight is 517 g/mol. The van der Waals surface area contributed by atoms with Crippen molar-refractivity contribution in [1.82, 2.24) is 4.68 Å². The van der Waals surface area contributed by atoms with Crippen LogP contribution in [0.5, 0.6) is 0 Å². The van der Waals surface area contributed by atoms with Gasteiger partial charge in [-0.05, 0) is 48.0 Å². The molecule has 0 unspecified atom stereocenters. The summed E-state index contributed by atoms with van der Waals surface area (Å²) >= 11 is 13.7. The fraction of sp³-hybridized carbons (Fsp3) is 0.0417. The average Bonchev–Trinajstić information content (AvgIpc) is 3.17. The molecule has 10 heteroatoms. The van der Waals surface area contributed by atoms with Gasteiger partial charge in [0.1, 0.15) is 11.5 Å². The topological polar surface area (TPSA) is 58.8 Å². The summed E-state index contributed by atoms with van der Waals surface area (Å²) < 4.78 is 29.1. The lowest BCUT2D eigenvalue weighted by Crippen LogP contribution is -2.12. The fourth-order valence-corrected chi connectivity index (χ4v) is 4.37. The highest BCUT2D eigenvalue weighted by atomic mass is 35.5. The molecular formula is C24H16Cl2F2N4OS. The van der Waals surface area contributed by atoms with Gasteiger partial charge >= 0.3 is 0 Å². The number of hydrogen-bond donors (Lipinski definition) is 1. The Kier molecular flexibility index (Phi) is 7.21. The predicted octanol–water partition coefficient (Wildman–Crippen LogP) is 6.87. The number of amides is 1. The second-order valence-electron chi connectivity index (χ2n) is 7.09. The highest BCUT2D eigenvalue weighted by Gasteiger charge is 2.12. The molecule has 0 aliphatic rings. The Labute approximate surface area is 207 Å². The Morgan fingerprint density at radius 3 is 2.50 bits per heavy atom. The molecule has 0 bridgehead atoms. The Morgan fingerprint density at radius 1 is 1.06 bits per heavy atom. The molecule has 5 nitrogen and oxygen atoms in total. The fourth-order valence-electron chi connectivity index (χ4n) is 3.03. The molecule has 0 radical (unpaired) electrons. The Balaban J connectivity index is 1.81. The summed E-state index contributed by atoms with van der Waals surface area (Å²) in [6.07, 6.45) is 1.59. The molecular weight excluding hydrogens is 501 g/mol. The molecule has 1 heterocycles. The zero-order valence-corrected chi connectivity index (χ0v) is 19.9. The maximum atomic E-state index is 14.2. The van der Waals surface area contributed by atoms with Crippen molar-refractivity contribution >= 4 is 58.0 Å². The van der Waals surface area contributed by atoms with Gasteiger partial charge in [0.25, 0.3) is 0 Å². The van der Waals surface area contributed by atoms with Crippen LogP contribution in [0, 0.1) is 11.6 Å². The molecule has 0 fully saturated rings. The van der Waals surface area contributed by atoms with Crippen molar-refractivity contribution in [2.45, 2.75) is 6.92 Å². The summed E-state index contributed by atoms with van der Waals surface area (Å²) in [5, 5.41) is 9.92. The molecule has 0 saturated heterocycles. The first-order chi connectivity index (χ1) is 16.3. The van der Waals surface area contributed by atoms with E-state index in [1.54, 1.807) is 54.1 Å². The van der Waals surface area contributed by atoms with Crippen LogP contribution in [0.3, 0.4) is 0 Å². The maximum absolute atomic E-state index is 14.2. The van der Waals surface area contributed by atoms with Crippen LogP contribution in [-0.2, 0) is 4.79 Å². The summed E-state index contributed by atoms with van der Waals surface area (Å²) in [7, 11) is 0. The third-order valence-corrected chi connectivity index (χ3v) is 5.94. The van der Waals surface area contributed by atoms with E-state index in [9.17, 15) is 13.6 Å². The first-order valence-corrected chi connectivity index (χ1v) is 11.5. The summed E-state index contributed by atoms with van der Waals surface area (Å²) in [5.41, 5.74) is 2.64. The van der Waals surface area contributed by atoms with Crippen molar-refractivity contribution in [2.75, 3.05) is 5.32 Å². The minimum Gasteiger partial charge on any atom is -0.326 e. The standard InChI is InChI=1S/C24H16Cl2F2N4OS/c1-14(33)30-18-6-2-15(3-7-18)12-29-32-23(19-8-4-16(25)10-20(19)26)13-34-24(32)31-22-9-5-17(27)11-21(22)28/h2-13H,1H3,(H,30,33)/b29-12-,31-24?. The van der Waals surface area contributed by atoms with E-state index in [1.165, 1.54) is 29.0 Å². The van der Waals surface area contributed by atoms with Crippen LogP contribution in [0.4, 0.5) is 20.2 Å². The van der Waals surface area contributed by atoms with Gasteiger partial charge in [-0.3, -0.25) is 4.79 Å². The van der Waals surface area contributed by atoms with Crippen LogP contribution in [0.15, 0.2) is 76.1 Å². The molecule has 0 saturated carbocycles. The zero-order chi connectivity index (χ0) is 24.2. The highest BCUT2D eigenvalue weighted by Crippen LogP contribution is 2.31. The van der Waals surface area contributed by atoms with E-state index in [0.717, 1.165) is 17.7 Å². The van der Waals surface area contributed by atoms with Crippen molar-refractivity contribution in [1.29, 1.82) is 0 Å². The number of aromatic nitrogens is 1. The van der Waals surface area contributed by atoms with Crippen LogP contribution in [0.2, 0.25) is 10.0 Å². The number of anilines is 1. The Hall–Kier alpha value is -3.33. The normalized spacial score (nSPS) is 11.9. The first kappa shape index (κ1) is 23.8. The lowest BCUT2D eigenvalue weighted by molar-refractivity contribution is -0.114. The van der Waals surface area contributed by atoms with Crippen LogP contribution in [0.25, 0.3) is 11.3 Å². The summed E-state index contributed by atoms with van der Waals surface area (Å²) in [4.78, 5) is 15.9. The first-order valence-electron chi connectivity index (χ1n) is 9.88. The SMILES string of the molecule is CC(=O)Nc1ccc(/C=N\n2c(-c3ccc(Cl)cc3Cl)csc2=Nc2ccc(F)cc2F)cc1. The minimum absolute atomic E-state index is 0.0272. The molecule has 3 aromatic carbocycles. The largest absolute Gasteiger partial charge is 0.326 e. The van der Waals surface area contributed by atoms with Gasteiger partial charge in [-0.15, -0.1) is 11.3 Å². The number of carbonyl (C=O) groups is 1. The number of nitrogens with zero attached hydrogens (tertiary/aromatic N) is 3. The van der Waals surface area contributed by atoms with Gasteiger partial charge in [-0.2, -0.15) is 5.10 Å². The Morgan fingerprint density at radius 2 is 1.82 bits per heavy atom. The van der Waals surface area contributed by atoms with E-state index >= 15 is 0 Å². The maximum Gasteiger partial charge on any atom is 0.221 e. The smallest absolute Gasteiger partial charge is 0.221 e. The molecule has 0 aliphatic heterocycles. The molecule has 0 aliphatic carbocycles. The van der Waals surface area contributed by atoms with Gasteiger partial charge < -0.3 is 5.32 Å². The second-order valence-corrected chi connectivity index (χ2v) is 8.77. The van der Waals surface area contributed by atoms with Gasteiger partial charge in [0.05, 0.1) is 16.9 Å². The number of rotatable bonds is 5. The lowest BCUT2D eigenvalue weighted by atomic mass is 10.2. The summed E-state index contributed by atoms with van der Waals surface area (Å²) in [5.74, 6) is -1.65. The molecule has 172 valence electrons. The predicted molar refractivity (Wildman–Crippen MR) is 133 cm³/mol. The van der Waals surface area contributed by atoms with Crippen molar-refractivity contribution in [3.05, 3.63) is 98.1 Å². The van der Waals surface area contributed by atoms with E-state index < -0.39 is 11.6 Å². The zero-order valence-electron chi connectivity index (χ0n) is 17.6. The van der Waals surface area contributed by atoms with E-state index in [1.807, 2.05) is 0 Å². The Bertz CT molecular complexity index is 1460. The van der Waals surface area contributed by atoms with Crippen LogP contribution < -0.4 is 10.1 Å². The van der Waals surface area contributed by atoms with Crippen LogP contribution in [-0.4, -0.2) is 16.8 Å². The number of benzene rings is 3. The van der Waals surface area contributed by atoms with Gasteiger partial charge in [0.15, 0.2) is 5.82 Å². The van der Waals surface area contributed by atoms with E-state index in [0.29, 0.717) is 31.8 Å².